The summed E-state index contributed by atoms with van der Waals surface area (Å²) >= 11 is 0. The monoisotopic (exact) mass is 439 g/mol. The predicted molar refractivity (Wildman–Crippen MR) is 125 cm³/mol. The van der Waals surface area contributed by atoms with Crippen molar-refractivity contribution in [3.05, 3.63) is 94.9 Å². The second-order valence-electron chi connectivity index (χ2n) is 8.77. The van der Waals surface area contributed by atoms with Gasteiger partial charge < -0.3 is 18.8 Å². The molecule has 166 valence electrons. The molecule has 1 amide bonds. The molecule has 0 N–H and O–H groups in total. The van der Waals surface area contributed by atoms with Crippen LogP contribution in [0.4, 0.5) is 0 Å². The zero-order chi connectivity index (χ0) is 22.4. The summed E-state index contributed by atoms with van der Waals surface area (Å²) in [6, 6.07) is 18.4. The second kappa shape index (κ2) is 7.96. The molecule has 6 rings (SSSR count). The fourth-order valence-corrected chi connectivity index (χ4v) is 4.96. The Morgan fingerprint density at radius 1 is 1.06 bits per heavy atom. The van der Waals surface area contributed by atoms with Crippen molar-refractivity contribution in [1.29, 1.82) is 0 Å². The van der Waals surface area contributed by atoms with Crippen molar-refractivity contribution < 1.29 is 14.3 Å². The maximum Gasteiger partial charge on any atom is 0.231 e. The first-order chi connectivity index (χ1) is 16.2. The highest BCUT2D eigenvalue weighted by Gasteiger charge is 2.28. The van der Waals surface area contributed by atoms with Crippen LogP contribution in [-0.2, 0) is 17.8 Å². The zero-order valence-corrected chi connectivity index (χ0v) is 18.5. The summed E-state index contributed by atoms with van der Waals surface area (Å²) in [5.74, 6) is 1.46. The highest BCUT2D eigenvalue weighted by molar-refractivity contribution is 5.78. The third kappa shape index (κ3) is 3.52. The van der Waals surface area contributed by atoms with Crippen LogP contribution in [0, 0.1) is 6.92 Å². The third-order valence-corrected chi connectivity index (χ3v) is 6.78. The molecule has 0 saturated heterocycles. The quantitative estimate of drug-likeness (QED) is 0.471. The van der Waals surface area contributed by atoms with Crippen molar-refractivity contribution in [1.82, 2.24) is 14.3 Å². The van der Waals surface area contributed by atoms with E-state index in [1.165, 1.54) is 11.1 Å². The number of nitrogens with zero attached hydrogens (tertiary/aromatic N) is 3. The summed E-state index contributed by atoms with van der Waals surface area (Å²) in [6.07, 6.45) is 5.18. The third-order valence-electron chi connectivity index (χ3n) is 6.78. The Bertz CT molecular complexity index is 1360. The van der Waals surface area contributed by atoms with Gasteiger partial charge in [-0.3, -0.25) is 4.79 Å². The average molecular weight is 440 g/mol. The summed E-state index contributed by atoms with van der Waals surface area (Å²) in [5.41, 5.74) is 6.62. The molecule has 0 spiro atoms. The number of pyridine rings is 1. The highest BCUT2D eigenvalue weighted by atomic mass is 16.7. The van der Waals surface area contributed by atoms with Crippen molar-refractivity contribution in [3.8, 4) is 11.5 Å². The first kappa shape index (κ1) is 19.9. The molecule has 2 aromatic carbocycles. The van der Waals surface area contributed by atoms with Crippen LogP contribution in [-0.4, -0.2) is 33.5 Å². The summed E-state index contributed by atoms with van der Waals surface area (Å²) in [5, 5.41) is 0. The summed E-state index contributed by atoms with van der Waals surface area (Å²) in [7, 11) is 0. The number of ether oxygens (including phenoxy) is 2. The lowest BCUT2D eigenvalue weighted by atomic mass is 9.91. The molecule has 2 aromatic heterocycles. The number of rotatable bonds is 4. The van der Waals surface area contributed by atoms with E-state index >= 15 is 0 Å². The van der Waals surface area contributed by atoms with Crippen LogP contribution in [0.2, 0.25) is 0 Å². The van der Waals surface area contributed by atoms with E-state index < -0.39 is 0 Å². The zero-order valence-electron chi connectivity index (χ0n) is 18.5. The van der Waals surface area contributed by atoms with Gasteiger partial charge in [0.15, 0.2) is 11.5 Å². The minimum Gasteiger partial charge on any atom is -0.454 e. The number of benzene rings is 2. The topological polar surface area (TPSA) is 56.1 Å². The lowest BCUT2D eigenvalue weighted by Crippen LogP contribution is -2.36. The predicted octanol–water partition coefficient (Wildman–Crippen LogP) is 4.48. The lowest BCUT2D eigenvalue weighted by Gasteiger charge is -2.30. The number of amides is 1. The largest absolute Gasteiger partial charge is 0.454 e. The van der Waals surface area contributed by atoms with Gasteiger partial charge in [-0.2, -0.15) is 0 Å². The van der Waals surface area contributed by atoms with Gasteiger partial charge in [0.1, 0.15) is 5.65 Å². The van der Waals surface area contributed by atoms with Gasteiger partial charge in [-0.05, 0) is 53.8 Å². The van der Waals surface area contributed by atoms with Gasteiger partial charge in [-0.25, -0.2) is 4.98 Å². The first-order valence-electron chi connectivity index (χ1n) is 11.3. The molecule has 1 unspecified atom stereocenters. The van der Waals surface area contributed by atoms with E-state index in [9.17, 15) is 4.79 Å². The van der Waals surface area contributed by atoms with Crippen LogP contribution >= 0.6 is 0 Å². The van der Waals surface area contributed by atoms with Crippen LogP contribution in [0.5, 0.6) is 11.5 Å². The Kier molecular flexibility index (Phi) is 4.79. The number of fused-ring (bicyclic) bond motifs is 3. The molecule has 0 fully saturated rings. The maximum atomic E-state index is 13.6. The smallest absolute Gasteiger partial charge is 0.231 e. The number of carbonyl (C=O) groups is 1. The Hall–Kier alpha value is -3.80. The van der Waals surface area contributed by atoms with Crippen LogP contribution in [0.25, 0.3) is 5.65 Å². The minimum absolute atomic E-state index is 0.148. The summed E-state index contributed by atoms with van der Waals surface area (Å²) < 4.78 is 13.2. The Morgan fingerprint density at radius 3 is 2.82 bits per heavy atom. The van der Waals surface area contributed by atoms with Gasteiger partial charge in [-0.1, -0.05) is 36.4 Å². The molecule has 4 heterocycles. The number of hydrogen-bond acceptors (Lipinski definition) is 4. The number of carbonyl (C=O) groups excluding carboxylic acids is 1. The maximum absolute atomic E-state index is 13.6. The Balaban J connectivity index is 1.36. The van der Waals surface area contributed by atoms with Gasteiger partial charge in [-0.15, -0.1) is 0 Å². The van der Waals surface area contributed by atoms with Gasteiger partial charge in [0, 0.05) is 37.8 Å². The lowest BCUT2D eigenvalue weighted by molar-refractivity contribution is -0.132. The van der Waals surface area contributed by atoms with Crippen molar-refractivity contribution >= 4 is 11.6 Å². The molecule has 33 heavy (non-hydrogen) atoms. The van der Waals surface area contributed by atoms with Crippen molar-refractivity contribution in [3.63, 3.8) is 0 Å². The van der Waals surface area contributed by atoms with Gasteiger partial charge in [0.25, 0.3) is 0 Å². The van der Waals surface area contributed by atoms with Crippen molar-refractivity contribution in [2.24, 2.45) is 0 Å². The van der Waals surface area contributed by atoms with E-state index in [1.807, 2.05) is 47.6 Å². The van der Waals surface area contributed by atoms with E-state index in [0.717, 1.165) is 46.9 Å². The normalized spacial score (nSPS) is 15.5. The molecule has 6 nitrogen and oxygen atoms in total. The van der Waals surface area contributed by atoms with Gasteiger partial charge in [0.05, 0.1) is 5.69 Å². The van der Waals surface area contributed by atoms with E-state index in [0.29, 0.717) is 13.0 Å². The minimum atomic E-state index is -0.152. The van der Waals surface area contributed by atoms with E-state index in [2.05, 4.69) is 40.6 Å². The molecule has 4 aromatic rings. The van der Waals surface area contributed by atoms with E-state index in [1.54, 1.807) is 0 Å². The molecule has 0 radical (unpaired) electrons. The van der Waals surface area contributed by atoms with E-state index in [-0.39, 0.29) is 18.6 Å². The first-order valence-corrected chi connectivity index (χ1v) is 11.3. The molecule has 0 bridgehead atoms. The van der Waals surface area contributed by atoms with Gasteiger partial charge >= 0.3 is 0 Å². The fraction of sp³-hybridized carbons (Fsp3) is 0.259. The molecular formula is C27H25N3O3. The second-order valence-corrected chi connectivity index (χ2v) is 8.77. The van der Waals surface area contributed by atoms with Crippen molar-refractivity contribution in [2.75, 3.05) is 13.3 Å². The van der Waals surface area contributed by atoms with Crippen LogP contribution < -0.4 is 9.47 Å². The molecule has 2 aliphatic heterocycles. The Labute approximate surface area is 192 Å². The number of imidazole rings is 1. The number of hydrogen-bond donors (Lipinski definition) is 0. The Morgan fingerprint density at radius 2 is 1.91 bits per heavy atom. The van der Waals surface area contributed by atoms with Crippen LogP contribution in [0.3, 0.4) is 0 Å². The molecule has 6 heteroatoms. The van der Waals surface area contributed by atoms with Crippen LogP contribution in [0.1, 0.15) is 40.3 Å². The molecule has 0 aliphatic carbocycles. The van der Waals surface area contributed by atoms with Crippen LogP contribution in [0.15, 0.2) is 67.0 Å². The van der Waals surface area contributed by atoms with Crippen molar-refractivity contribution in [2.45, 2.75) is 32.2 Å². The average Bonchev–Trinajstić information content (AvgIpc) is 3.49. The SMILES string of the molecule is Cc1cccn2c(C(CC(=O)N3CCc4ccccc4C3)c3ccc4c(c3)OCO4)cnc12. The summed E-state index contributed by atoms with van der Waals surface area (Å²) in [6.45, 7) is 3.69. The van der Waals surface area contributed by atoms with E-state index in [4.69, 9.17) is 9.47 Å². The molecular weight excluding hydrogens is 414 g/mol. The molecule has 1 atom stereocenters. The number of aryl methyl sites for hydroxylation is 1. The fourth-order valence-electron chi connectivity index (χ4n) is 4.96. The molecule has 2 aliphatic rings. The van der Waals surface area contributed by atoms with Gasteiger partial charge in [0.2, 0.25) is 12.7 Å². The summed E-state index contributed by atoms with van der Waals surface area (Å²) in [4.78, 5) is 20.2. The molecule has 0 saturated carbocycles. The standard InChI is InChI=1S/C27H25N3O3/c1-18-5-4-11-30-23(15-28-27(18)30)22(20-8-9-24-25(13-20)33-17-32-24)14-26(31)29-12-10-19-6-2-3-7-21(19)16-29/h2-9,11,13,15,22H,10,12,14,16-17H2,1H3. The number of aromatic nitrogens is 2. The highest BCUT2D eigenvalue weighted by Crippen LogP contribution is 2.38.